The summed E-state index contributed by atoms with van der Waals surface area (Å²) < 4.78 is 42.7. The van der Waals surface area contributed by atoms with Gasteiger partial charge in [-0.1, -0.05) is 34.8 Å². The Kier molecular flexibility index (Phi) is 6.45. The van der Waals surface area contributed by atoms with E-state index < -0.39 is 24.1 Å². The number of hydrogen-bond donors (Lipinski definition) is 2. The third-order valence-corrected chi connectivity index (χ3v) is 5.34. The summed E-state index contributed by atoms with van der Waals surface area (Å²) in [4.78, 5) is 24.2. The number of amides is 1. The molecule has 0 spiro atoms. The van der Waals surface area contributed by atoms with Gasteiger partial charge in [-0.05, 0) is 48.9 Å². The van der Waals surface area contributed by atoms with Crippen molar-refractivity contribution in [2.24, 2.45) is 0 Å². The molecule has 5 nitrogen and oxygen atoms in total. The predicted molar refractivity (Wildman–Crippen MR) is 112 cm³/mol. The highest BCUT2D eigenvalue weighted by Gasteiger charge is 2.42. The topological polar surface area (TPSA) is 71.3 Å². The molecule has 0 aliphatic rings. The van der Waals surface area contributed by atoms with Crippen LogP contribution in [0.5, 0.6) is 0 Å². The van der Waals surface area contributed by atoms with E-state index in [1.807, 2.05) is 5.32 Å². The molecule has 0 bridgehead atoms. The molecule has 2 aromatic carbocycles. The van der Waals surface area contributed by atoms with Gasteiger partial charge < -0.3 is 15.0 Å². The Morgan fingerprint density at radius 2 is 1.68 bits per heavy atom. The number of halogens is 6. The van der Waals surface area contributed by atoms with E-state index in [0.29, 0.717) is 10.9 Å². The Hall–Kier alpha value is -2.42. The van der Waals surface area contributed by atoms with E-state index in [-0.39, 0.29) is 38.4 Å². The van der Waals surface area contributed by atoms with E-state index in [1.54, 1.807) is 6.92 Å². The minimum absolute atomic E-state index is 0.00971. The third kappa shape index (κ3) is 4.76. The molecular weight excluding hydrogens is 480 g/mol. The maximum absolute atomic E-state index is 13.7. The van der Waals surface area contributed by atoms with E-state index in [1.165, 1.54) is 28.8 Å². The van der Waals surface area contributed by atoms with Gasteiger partial charge in [-0.3, -0.25) is 4.79 Å². The molecule has 3 rings (SSSR count). The smallest absolute Gasteiger partial charge is 0.412 e. The van der Waals surface area contributed by atoms with Crippen LogP contribution in [0.25, 0.3) is 10.9 Å². The van der Waals surface area contributed by atoms with E-state index in [2.05, 4.69) is 0 Å². The van der Waals surface area contributed by atoms with Crippen LogP contribution in [0.4, 0.5) is 13.2 Å². The van der Waals surface area contributed by atoms with Crippen LogP contribution in [0.1, 0.15) is 39.4 Å². The number of carboxylic acid groups (broad SMARTS) is 1. The number of benzene rings is 2. The Bertz CT molecular complexity index is 1170. The van der Waals surface area contributed by atoms with Crippen LogP contribution in [0, 0.1) is 0 Å². The molecule has 3 aromatic rings. The number of aryl methyl sites for hydroxylation is 1. The average molecular weight is 494 g/mol. The molecule has 0 saturated carbocycles. The SMILES string of the molecule is CCn1c(C(=O)NC(c2cc(Cl)cc(Cl)c2)C(F)(F)F)cc2cc(C(=O)O)c(Cl)cc21. The molecule has 0 aliphatic heterocycles. The molecule has 0 fully saturated rings. The molecule has 0 radical (unpaired) electrons. The predicted octanol–water partition coefficient (Wildman–Crippen LogP) is 6.35. The lowest BCUT2D eigenvalue weighted by Gasteiger charge is -2.23. The maximum atomic E-state index is 13.7. The summed E-state index contributed by atoms with van der Waals surface area (Å²) in [6.45, 7) is 1.92. The number of aromatic carboxylic acids is 1. The van der Waals surface area contributed by atoms with Gasteiger partial charge in [-0.15, -0.1) is 0 Å². The zero-order valence-electron chi connectivity index (χ0n) is 15.7. The average Bonchev–Trinajstić information content (AvgIpc) is 3.00. The lowest BCUT2D eigenvalue weighted by Crippen LogP contribution is -2.38. The minimum atomic E-state index is -4.83. The van der Waals surface area contributed by atoms with Crippen LogP contribution >= 0.6 is 34.8 Å². The lowest BCUT2D eigenvalue weighted by molar-refractivity contribution is -0.155. The number of carbonyl (C=O) groups is 2. The normalized spacial score (nSPS) is 12.7. The standard InChI is InChI=1S/C20H14Cl3F3N2O3/c1-2-28-15-8-14(23)13(19(30)31)5-9(15)6-16(28)18(29)27-17(20(24,25)26)10-3-11(21)7-12(22)4-10/h3-8,17H,2H2,1H3,(H,27,29)(H,30,31). The van der Waals surface area contributed by atoms with Crippen LogP contribution in [0.15, 0.2) is 36.4 Å². The summed E-state index contributed by atoms with van der Waals surface area (Å²) in [5.74, 6) is -2.28. The molecule has 0 saturated heterocycles. The van der Waals surface area contributed by atoms with Crippen LogP contribution in [-0.4, -0.2) is 27.7 Å². The second-order valence-electron chi connectivity index (χ2n) is 6.62. The summed E-state index contributed by atoms with van der Waals surface area (Å²) in [5.41, 5.74) is -0.180. The molecule has 0 aliphatic carbocycles. The lowest BCUT2D eigenvalue weighted by atomic mass is 10.1. The van der Waals surface area contributed by atoms with E-state index in [4.69, 9.17) is 34.8 Å². The van der Waals surface area contributed by atoms with E-state index in [0.717, 1.165) is 12.1 Å². The number of aromatic nitrogens is 1. The van der Waals surface area contributed by atoms with Crippen LogP contribution < -0.4 is 5.32 Å². The van der Waals surface area contributed by atoms with Gasteiger partial charge in [-0.2, -0.15) is 13.2 Å². The summed E-state index contributed by atoms with van der Waals surface area (Å²) in [6, 6.07) is 4.99. The molecule has 164 valence electrons. The van der Waals surface area contributed by atoms with Gasteiger partial charge in [0.05, 0.1) is 16.1 Å². The fourth-order valence-electron chi connectivity index (χ4n) is 3.28. The van der Waals surface area contributed by atoms with Gasteiger partial charge in [0.25, 0.3) is 5.91 Å². The van der Waals surface area contributed by atoms with Gasteiger partial charge in [-0.25, -0.2) is 4.79 Å². The molecule has 1 heterocycles. The first-order valence-electron chi connectivity index (χ1n) is 8.82. The quantitative estimate of drug-likeness (QED) is 0.435. The number of nitrogens with one attached hydrogen (secondary N) is 1. The summed E-state index contributed by atoms with van der Waals surface area (Å²) in [6.07, 6.45) is -4.83. The second kappa shape index (κ2) is 8.61. The molecule has 1 unspecified atom stereocenters. The fraction of sp³-hybridized carbons (Fsp3) is 0.200. The first-order valence-corrected chi connectivity index (χ1v) is 9.95. The summed E-state index contributed by atoms with van der Waals surface area (Å²) in [7, 11) is 0. The van der Waals surface area contributed by atoms with Crippen molar-refractivity contribution in [1.82, 2.24) is 9.88 Å². The van der Waals surface area contributed by atoms with Crippen LogP contribution in [-0.2, 0) is 6.54 Å². The van der Waals surface area contributed by atoms with Crippen molar-refractivity contribution in [3.8, 4) is 0 Å². The Morgan fingerprint density at radius 3 is 2.19 bits per heavy atom. The highest BCUT2D eigenvalue weighted by Crippen LogP contribution is 2.36. The highest BCUT2D eigenvalue weighted by molar-refractivity contribution is 6.35. The summed E-state index contributed by atoms with van der Waals surface area (Å²) >= 11 is 17.7. The van der Waals surface area contributed by atoms with Crippen molar-refractivity contribution in [2.75, 3.05) is 0 Å². The van der Waals surface area contributed by atoms with Gasteiger partial charge in [0.15, 0.2) is 6.04 Å². The van der Waals surface area contributed by atoms with Gasteiger partial charge in [0.2, 0.25) is 0 Å². The molecule has 11 heteroatoms. The molecule has 2 N–H and O–H groups in total. The number of carboxylic acids is 1. The molecule has 1 amide bonds. The minimum Gasteiger partial charge on any atom is -0.478 e. The van der Waals surface area contributed by atoms with Gasteiger partial charge in [0, 0.05) is 22.0 Å². The van der Waals surface area contributed by atoms with Crippen LogP contribution in [0.2, 0.25) is 15.1 Å². The van der Waals surface area contributed by atoms with Crippen molar-refractivity contribution < 1.29 is 27.9 Å². The van der Waals surface area contributed by atoms with E-state index in [9.17, 15) is 27.9 Å². The largest absolute Gasteiger partial charge is 0.478 e. The first-order chi connectivity index (χ1) is 14.4. The van der Waals surface area contributed by atoms with Gasteiger partial charge in [0.1, 0.15) is 5.69 Å². The second-order valence-corrected chi connectivity index (χ2v) is 7.90. The maximum Gasteiger partial charge on any atom is 0.412 e. The third-order valence-electron chi connectivity index (χ3n) is 4.59. The Morgan fingerprint density at radius 1 is 1.06 bits per heavy atom. The van der Waals surface area contributed by atoms with Crippen molar-refractivity contribution in [2.45, 2.75) is 25.7 Å². The van der Waals surface area contributed by atoms with E-state index >= 15 is 0 Å². The molecule has 1 aromatic heterocycles. The first kappa shape index (κ1) is 23.2. The van der Waals surface area contributed by atoms with Crippen molar-refractivity contribution in [3.05, 3.63) is 68.3 Å². The zero-order valence-corrected chi connectivity index (χ0v) is 18.0. The summed E-state index contributed by atoms with van der Waals surface area (Å²) in [5, 5.41) is 11.5. The number of nitrogens with zero attached hydrogens (tertiary/aromatic N) is 1. The number of hydrogen-bond acceptors (Lipinski definition) is 2. The van der Waals surface area contributed by atoms with Crippen LogP contribution in [0.3, 0.4) is 0 Å². The molecule has 31 heavy (non-hydrogen) atoms. The van der Waals surface area contributed by atoms with Crippen molar-refractivity contribution in [3.63, 3.8) is 0 Å². The zero-order chi connectivity index (χ0) is 23.1. The number of rotatable bonds is 5. The van der Waals surface area contributed by atoms with Crippen molar-refractivity contribution in [1.29, 1.82) is 0 Å². The number of carbonyl (C=O) groups excluding carboxylic acids is 1. The Balaban J connectivity index is 2.07. The molecular formula is C20H14Cl3F3N2O3. The monoisotopic (exact) mass is 492 g/mol. The highest BCUT2D eigenvalue weighted by atomic mass is 35.5. The fourth-order valence-corrected chi connectivity index (χ4v) is 4.06. The number of alkyl halides is 3. The Labute approximate surface area is 189 Å². The van der Waals surface area contributed by atoms with Crippen molar-refractivity contribution >= 4 is 57.6 Å². The number of fused-ring (bicyclic) bond motifs is 1. The van der Waals surface area contributed by atoms with Gasteiger partial charge >= 0.3 is 12.1 Å². The molecule has 1 atom stereocenters.